The van der Waals surface area contributed by atoms with Gasteiger partial charge in [0.25, 0.3) is 0 Å². The Labute approximate surface area is 151 Å². The van der Waals surface area contributed by atoms with Crippen molar-refractivity contribution < 1.29 is 0 Å². The van der Waals surface area contributed by atoms with Gasteiger partial charge in [0.05, 0.1) is 22.1 Å². The summed E-state index contributed by atoms with van der Waals surface area (Å²) in [6, 6.07) is 12.7. The fourth-order valence-electron chi connectivity index (χ4n) is 3.03. The molecule has 0 aliphatic heterocycles. The summed E-state index contributed by atoms with van der Waals surface area (Å²) in [7, 11) is 0. The summed E-state index contributed by atoms with van der Waals surface area (Å²) in [6.45, 7) is 4.21. The molecular weight excluding hydrogens is 328 g/mol. The molecule has 0 saturated heterocycles. The Hall–Kier alpha value is -2.27. The van der Waals surface area contributed by atoms with E-state index in [1.165, 1.54) is 11.1 Å². The highest BCUT2D eigenvalue weighted by Crippen LogP contribution is 2.16. The number of aromatic amines is 2. The first-order valence-corrected chi connectivity index (χ1v) is 9.81. The maximum atomic E-state index is 4.66. The van der Waals surface area contributed by atoms with Gasteiger partial charge in [-0.15, -0.1) is 0 Å². The minimum absolute atomic E-state index is 0.970. The minimum atomic E-state index is 0.970. The van der Waals surface area contributed by atoms with Crippen molar-refractivity contribution in [1.82, 2.24) is 19.9 Å². The lowest BCUT2D eigenvalue weighted by Crippen LogP contribution is -1.95. The van der Waals surface area contributed by atoms with Gasteiger partial charge in [0.15, 0.2) is 0 Å². The van der Waals surface area contributed by atoms with Gasteiger partial charge in [0.1, 0.15) is 11.6 Å². The van der Waals surface area contributed by atoms with E-state index in [1.807, 2.05) is 11.8 Å². The van der Waals surface area contributed by atoms with Crippen molar-refractivity contribution in [3.63, 3.8) is 0 Å². The number of imidazole rings is 2. The zero-order valence-corrected chi connectivity index (χ0v) is 15.4. The number of aromatic nitrogens is 4. The molecule has 5 heteroatoms. The summed E-state index contributed by atoms with van der Waals surface area (Å²) in [4.78, 5) is 16.2. The van der Waals surface area contributed by atoms with Crippen LogP contribution in [0.5, 0.6) is 0 Å². The van der Waals surface area contributed by atoms with Crippen LogP contribution in [-0.2, 0) is 12.8 Å². The lowest BCUT2D eigenvalue weighted by atomic mass is 10.2. The van der Waals surface area contributed by atoms with E-state index in [1.54, 1.807) is 0 Å². The average molecular weight is 350 g/mol. The number of thioether (sulfide) groups is 1. The number of H-pyrrole nitrogens is 2. The van der Waals surface area contributed by atoms with E-state index in [-0.39, 0.29) is 0 Å². The van der Waals surface area contributed by atoms with Gasteiger partial charge < -0.3 is 9.97 Å². The first-order chi connectivity index (χ1) is 12.2. The summed E-state index contributed by atoms with van der Waals surface area (Å²) in [5.74, 6) is 4.29. The highest BCUT2D eigenvalue weighted by atomic mass is 32.2. The van der Waals surface area contributed by atoms with Crippen molar-refractivity contribution in [1.29, 1.82) is 0 Å². The number of hydrogen-bond acceptors (Lipinski definition) is 3. The summed E-state index contributed by atoms with van der Waals surface area (Å²) >= 11 is 1.95. The SMILES string of the molecule is Cc1ccc2nc(CCSCCc3nc4ccc(C)cc4[nH]3)[nH]c2c1. The van der Waals surface area contributed by atoms with E-state index in [0.29, 0.717) is 0 Å². The van der Waals surface area contributed by atoms with Crippen LogP contribution in [0.4, 0.5) is 0 Å². The molecule has 128 valence electrons. The zero-order valence-electron chi connectivity index (χ0n) is 14.6. The van der Waals surface area contributed by atoms with Gasteiger partial charge in [-0.2, -0.15) is 11.8 Å². The number of nitrogens with zero attached hydrogens (tertiary/aromatic N) is 2. The Morgan fingerprint density at radius 2 is 1.24 bits per heavy atom. The largest absolute Gasteiger partial charge is 0.342 e. The van der Waals surface area contributed by atoms with Gasteiger partial charge in [-0.05, 0) is 49.2 Å². The van der Waals surface area contributed by atoms with Gasteiger partial charge in [-0.3, -0.25) is 0 Å². The third-order valence-electron chi connectivity index (χ3n) is 4.34. The van der Waals surface area contributed by atoms with Crippen LogP contribution in [-0.4, -0.2) is 31.4 Å². The topological polar surface area (TPSA) is 57.4 Å². The van der Waals surface area contributed by atoms with Crippen LogP contribution in [0, 0.1) is 13.8 Å². The predicted octanol–water partition coefficient (Wildman–Crippen LogP) is 4.57. The van der Waals surface area contributed by atoms with Crippen molar-refractivity contribution in [2.24, 2.45) is 0 Å². The summed E-state index contributed by atoms with van der Waals surface area (Å²) < 4.78 is 0. The van der Waals surface area contributed by atoms with Crippen LogP contribution in [0.2, 0.25) is 0 Å². The van der Waals surface area contributed by atoms with Gasteiger partial charge in [0, 0.05) is 24.3 Å². The van der Waals surface area contributed by atoms with E-state index in [9.17, 15) is 0 Å². The van der Waals surface area contributed by atoms with Crippen LogP contribution >= 0.6 is 11.8 Å². The van der Waals surface area contributed by atoms with Gasteiger partial charge in [-0.1, -0.05) is 12.1 Å². The third-order valence-corrected chi connectivity index (χ3v) is 5.32. The van der Waals surface area contributed by atoms with E-state index in [2.05, 4.69) is 70.2 Å². The molecule has 0 spiro atoms. The van der Waals surface area contributed by atoms with Crippen LogP contribution in [0.1, 0.15) is 22.8 Å². The van der Waals surface area contributed by atoms with Crippen molar-refractivity contribution in [3.05, 3.63) is 59.2 Å². The van der Waals surface area contributed by atoms with E-state index in [0.717, 1.165) is 58.1 Å². The fourth-order valence-corrected chi connectivity index (χ4v) is 3.91. The number of fused-ring (bicyclic) bond motifs is 2. The molecule has 0 atom stereocenters. The Balaban J connectivity index is 1.28. The molecule has 2 heterocycles. The lowest BCUT2D eigenvalue weighted by molar-refractivity contribution is 0.993. The predicted molar refractivity (Wildman–Crippen MR) is 106 cm³/mol. The zero-order chi connectivity index (χ0) is 17.2. The molecular formula is C20H22N4S. The molecule has 4 nitrogen and oxygen atoms in total. The molecule has 0 unspecified atom stereocenters. The van der Waals surface area contributed by atoms with Crippen LogP contribution in [0.15, 0.2) is 36.4 Å². The van der Waals surface area contributed by atoms with Crippen LogP contribution < -0.4 is 0 Å². The second-order valence-electron chi connectivity index (χ2n) is 6.52. The molecule has 4 rings (SSSR count). The van der Waals surface area contributed by atoms with Crippen molar-refractivity contribution in [3.8, 4) is 0 Å². The maximum absolute atomic E-state index is 4.66. The Morgan fingerprint density at radius 3 is 1.72 bits per heavy atom. The third kappa shape index (κ3) is 3.71. The molecule has 0 aliphatic carbocycles. The lowest BCUT2D eigenvalue weighted by Gasteiger charge is -1.98. The Kier molecular flexibility index (Phi) is 4.49. The normalized spacial score (nSPS) is 11.6. The first-order valence-electron chi connectivity index (χ1n) is 8.65. The molecule has 2 aromatic heterocycles. The molecule has 4 aromatic rings. The summed E-state index contributed by atoms with van der Waals surface area (Å²) in [5, 5.41) is 0. The molecule has 2 aromatic carbocycles. The number of nitrogens with one attached hydrogen (secondary N) is 2. The molecule has 2 N–H and O–H groups in total. The molecule has 0 bridgehead atoms. The molecule has 25 heavy (non-hydrogen) atoms. The number of hydrogen-bond donors (Lipinski definition) is 2. The summed E-state index contributed by atoms with van der Waals surface area (Å²) in [6.07, 6.45) is 1.94. The molecule has 0 saturated carbocycles. The van der Waals surface area contributed by atoms with E-state index < -0.39 is 0 Å². The molecule has 0 amide bonds. The molecule has 0 radical (unpaired) electrons. The Morgan fingerprint density at radius 1 is 0.760 bits per heavy atom. The minimum Gasteiger partial charge on any atom is -0.342 e. The molecule has 0 fully saturated rings. The second-order valence-corrected chi connectivity index (χ2v) is 7.75. The first kappa shape index (κ1) is 16.2. The molecule has 0 aliphatic rings. The second kappa shape index (κ2) is 6.92. The van der Waals surface area contributed by atoms with E-state index in [4.69, 9.17) is 0 Å². The highest BCUT2D eigenvalue weighted by Gasteiger charge is 2.05. The number of rotatable bonds is 6. The average Bonchev–Trinajstić information content (AvgIpc) is 3.16. The monoisotopic (exact) mass is 350 g/mol. The number of aryl methyl sites for hydroxylation is 4. The van der Waals surface area contributed by atoms with Crippen LogP contribution in [0.25, 0.3) is 22.1 Å². The Bertz CT molecular complexity index is 933. The van der Waals surface area contributed by atoms with Crippen LogP contribution in [0.3, 0.4) is 0 Å². The van der Waals surface area contributed by atoms with Gasteiger partial charge in [0.2, 0.25) is 0 Å². The van der Waals surface area contributed by atoms with Gasteiger partial charge >= 0.3 is 0 Å². The smallest absolute Gasteiger partial charge is 0.108 e. The maximum Gasteiger partial charge on any atom is 0.108 e. The quantitative estimate of drug-likeness (QED) is 0.501. The van der Waals surface area contributed by atoms with Crippen molar-refractivity contribution >= 4 is 33.8 Å². The van der Waals surface area contributed by atoms with E-state index >= 15 is 0 Å². The number of benzene rings is 2. The standard InChI is InChI=1S/C20H22N4S/c1-13-3-5-15-17(11-13)23-19(21-15)7-9-25-10-8-20-22-16-6-4-14(2)12-18(16)24-20/h3-6,11-12H,7-10H2,1-2H3,(H,21,23)(H,22,24). The fraction of sp³-hybridized carbons (Fsp3) is 0.300. The van der Waals surface area contributed by atoms with Crippen molar-refractivity contribution in [2.45, 2.75) is 26.7 Å². The summed E-state index contributed by atoms with van der Waals surface area (Å²) in [5.41, 5.74) is 6.91. The van der Waals surface area contributed by atoms with Crippen molar-refractivity contribution in [2.75, 3.05) is 11.5 Å². The van der Waals surface area contributed by atoms with Gasteiger partial charge in [-0.25, -0.2) is 9.97 Å². The highest BCUT2D eigenvalue weighted by molar-refractivity contribution is 7.99.